The summed E-state index contributed by atoms with van der Waals surface area (Å²) in [6.45, 7) is 2.41. The van der Waals surface area contributed by atoms with Crippen molar-refractivity contribution in [1.29, 1.82) is 0 Å². The zero-order valence-electron chi connectivity index (χ0n) is 13.1. The van der Waals surface area contributed by atoms with Crippen LogP contribution in [0, 0.1) is 29.6 Å². The van der Waals surface area contributed by atoms with E-state index in [1.165, 1.54) is 32.1 Å². The average Bonchev–Trinajstić information content (AvgIpc) is 2.77. The summed E-state index contributed by atoms with van der Waals surface area (Å²) in [6.07, 6.45) is 6.26. The lowest BCUT2D eigenvalue weighted by molar-refractivity contribution is -0.153. The molecule has 1 aliphatic heterocycles. The molecular formula is C17H24N2O3. The van der Waals surface area contributed by atoms with Gasteiger partial charge in [-0.25, -0.2) is 0 Å². The number of rotatable bonds is 3. The van der Waals surface area contributed by atoms with Crippen molar-refractivity contribution in [2.24, 2.45) is 29.6 Å². The molecule has 0 aromatic rings. The lowest BCUT2D eigenvalue weighted by Gasteiger charge is -2.54. The molecule has 0 spiro atoms. The molecular weight excluding hydrogens is 280 g/mol. The average molecular weight is 304 g/mol. The SMILES string of the molecule is CCN(C(=O)C1C2CC3CC(C2)CC1C3)[C@H]1CC(=O)NC1=O. The highest BCUT2D eigenvalue weighted by Gasteiger charge is 2.52. The lowest BCUT2D eigenvalue weighted by Crippen LogP contribution is -2.54. The maximum absolute atomic E-state index is 13.1. The van der Waals surface area contributed by atoms with Gasteiger partial charge in [-0.1, -0.05) is 0 Å². The van der Waals surface area contributed by atoms with Crippen molar-refractivity contribution in [3.05, 3.63) is 0 Å². The molecule has 5 aliphatic rings. The van der Waals surface area contributed by atoms with Gasteiger partial charge in [0, 0.05) is 12.5 Å². The van der Waals surface area contributed by atoms with Crippen molar-refractivity contribution in [2.45, 2.75) is 51.5 Å². The van der Waals surface area contributed by atoms with Gasteiger partial charge in [0.25, 0.3) is 0 Å². The van der Waals surface area contributed by atoms with E-state index in [4.69, 9.17) is 0 Å². The first-order valence-electron chi connectivity index (χ1n) is 8.71. The standard InChI is InChI=1S/C17H24N2O3/c1-2-19(13-8-14(20)18-16(13)21)17(22)15-11-4-9-3-10(6-11)7-12(15)5-9/h9-13,15H,2-8H2,1H3,(H,18,20,21)/t9?,10?,11?,12?,13-,15?/m0/s1. The molecule has 0 unspecified atom stereocenters. The Morgan fingerprint density at radius 3 is 2.14 bits per heavy atom. The van der Waals surface area contributed by atoms with Crippen LogP contribution in [0.4, 0.5) is 0 Å². The third-order valence-electron chi connectivity index (χ3n) is 6.46. The molecule has 5 heteroatoms. The molecule has 1 heterocycles. The molecule has 1 atom stereocenters. The Kier molecular flexibility index (Phi) is 3.27. The third-order valence-corrected chi connectivity index (χ3v) is 6.46. The van der Waals surface area contributed by atoms with Crippen molar-refractivity contribution >= 4 is 17.7 Å². The van der Waals surface area contributed by atoms with E-state index in [1.807, 2.05) is 6.92 Å². The van der Waals surface area contributed by atoms with E-state index >= 15 is 0 Å². The lowest BCUT2D eigenvalue weighted by atomic mass is 9.51. The number of hydrogen-bond acceptors (Lipinski definition) is 3. The molecule has 4 saturated carbocycles. The van der Waals surface area contributed by atoms with Crippen LogP contribution in [0.15, 0.2) is 0 Å². The number of carbonyl (C=O) groups is 3. The minimum absolute atomic E-state index is 0.0938. The second-order valence-electron chi connectivity index (χ2n) is 7.71. The molecule has 3 amide bonds. The number of nitrogens with zero attached hydrogens (tertiary/aromatic N) is 1. The van der Waals surface area contributed by atoms with Gasteiger partial charge in [0.05, 0.1) is 6.42 Å². The van der Waals surface area contributed by atoms with Crippen LogP contribution in [0.25, 0.3) is 0 Å². The predicted octanol–water partition coefficient (Wildman–Crippen LogP) is 1.32. The number of nitrogens with one attached hydrogen (secondary N) is 1. The molecule has 5 nitrogen and oxygen atoms in total. The monoisotopic (exact) mass is 304 g/mol. The second-order valence-corrected chi connectivity index (χ2v) is 7.71. The molecule has 1 saturated heterocycles. The Labute approximate surface area is 130 Å². The van der Waals surface area contributed by atoms with E-state index in [9.17, 15) is 14.4 Å². The summed E-state index contributed by atoms with van der Waals surface area (Å²) in [4.78, 5) is 38.2. The summed E-state index contributed by atoms with van der Waals surface area (Å²) < 4.78 is 0. The number of carbonyl (C=O) groups excluding carboxylic acids is 3. The van der Waals surface area contributed by atoms with Crippen LogP contribution in [-0.4, -0.2) is 35.2 Å². The molecule has 0 aromatic heterocycles. The molecule has 120 valence electrons. The zero-order chi connectivity index (χ0) is 15.4. The normalized spacial score (nSPS) is 42.6. The Hall–Kier alpha value is -1.39. The number of imide groups is 1. The zero-order valence-corrected chi connectivity index (χ0v) is 13.1. The summed E-state index contributed by atoms with van der Waals surface area (Å²) in [5, 5.41) is 2.33. The first-order chi connectivity index (χ1) is 10.6. The fraction of sp³-hybridized carbons (Fsp3) is 0.824. The van der Waals surface area contributed by atoms with Crippen LogP contribution in [0.5, 0.6) is 0 Å². The van der Waals surface area contributed by atoms with E-state index in [-0.39, 0.29) is 30.1 Å². The van der Waals surface area contributed by atoms with E-state index in [2.05, 4.69) is 5.32 Å². The Bertz CT molecular complexity index is 502. The Balaban J connectivity index is 1.55. The smallest absolute Gasteiger partial charge is 0.249 e. The van der Waals surface area contributed by atoms with E-state index < -0.39 is 6.04 Å². The molecule has 4 bridgehead atoms. The van der Waals surface area contributed by atoms with Gasteiger partial charge in [-0.15, -0.1) is 0 Å². The Morgan fingerprint density at radius 1 is 1.09 bits per heavy atom. The van der Waals surface area contributed by atoms with Crippen molar-refractivity contribution in [3.63, 3.8) is 0 Å². The van der Waals surface area contributed by atoms with Gasteiger partial charge in [0.1, 0.15) is 6.04 Å². The van der Waals surface area contributed by atoms with Crippen molar-refractivity contribution in [3.8, 4) is 0 Å². The first kappa shape index (κ1) is 14.2. The van der Waals surface area contributed by atoms with Crippen LogP contribution in [0.2, 0.25) is 0 Å². The topological polar surface area (TPSA) is 66.5 Å². The Morgan fingerprint density at radius 2 is 1.68 bits per heavy atom. The molecule has 5 fully saturated rings. The number of amides is 3. The van der Waals surface area contributed by atoms with Gasteiger partial charge >= 0.3 is 0 Å². The molecule has 1 N–H and O–H groups in total. The van der Waals surface area contributed by atoms with Gasteiger partial charge < -0.3 is 4.90 Å². The molecule has 0 aromatic carbocycles. The van der Waals surface area contributed by atoms with Gasteiger partial charge in [-0.05, 0) is 62.7 Å². The highest BCUT2D eigenvalue weighted by atomic mass is 16.2. The molecule has 5 rings (SSSR count). The van der Waals surface area contributed by atoms with Crippen molar-refractivity contribution in [1.82, 2.24) is 10.2 Å². The van der Waals surface area contributed by atoms with Crippen LogP contribution < -0.4 is 5.32 Å². The fourth-order valence-corrected chi connectivity index (χ4v) is 5.84. The fourth-order valence-electron chi connectivity index (χ4n) is 5.84. The van der Waals surface area contributed by atoms with Crippen LogP contribution in [-0.2, 0) is 14.4 Å². The highest BCUT2D eigenvalue weighted by molar-refractivity contribution is 6.06. The maximum atomic E-state index is 13.1. The van der Waals surface area contributed by atoms with E-state index in [0.29, 0.717) is 18.4 Å². The largest absolute Gasteiger partial charge is 0.330 e. The maximum Gasteiger partial charge on any atom is 0.249 e. The van der Waals surface area contributed by atoms with Crippen molar-refractivity contribution in [2.75, 3.05) is 6.54 Å². The highest BCUT2D eigenvalue weighted by Crippen LogP contribution is 2.57. The summed E-state index contributed by atoms with van der Waals surface area (Å²) >= 11 is 0. The van der Waals surface area contributed by atoms with Crippen molar-refractivity contribution < 1.29 is 14.4 Å². The quantitative estimate of drug-likeness (QED) is 0.800. The first-order valence-corrected chi connectivity index (χ1v) is 8.71. The minimum atomic E-state index is -0.581. The third kappa shape index (κ3) is 2.09. The van der Waals surface area contributed by atoms with Crippen LogP contribution in [0.1, 0.15) is 45.4 Å². The molecule has 22 heavy (non-hydrogen) atoms. The van der Waals surface area contributed by atoms with Crippen LogP contribution >= 0.6 is 0 Å². The molecule has 0 radical (unpaired) electrons. The number of likely N-dealkylation sites (N-methyl/N-ethyl adjacent to an activating group) is 1. The summed E-state index contributed by atoms with van der Waals surface area (Å²) in [6, 6.07) is -0.581. The van der Waals surface area contributed by atoms with Gasteiger partial charge in [0.15, 0.2) is 0 Å². The minimum Gasteiger partial charge on any atom is -0.330 e. The van der Waals surface area contributed by atoms with Crippen LogP contribution in [0.3, 0.4) is 0 Å². The van der Waals surface area contributed by atoms with E-state index in [1.54, 1.807) is 4.90 Å². The van der Waals surface area contributed by atoms with Gasteiger partial charge in [0.2, 0.25) is 17.7 Å². The number of hydrogen-bond donors (Lipinski definition) is 1. The van der Waals surface area contributed by atoms with Gasteiger partial charge in [-0.3, -0.25) is 19.7 Å². The predicted molar refractivity (Wildman–Crippen MR) is 79.5 cm³/mol. The summed E-state index contributed by atoms with van der Waals surface area (Å²) in [5.74, 6) is 2.35. The second kappa shape index (κ2) is 5.07. The van der Waals surface area contributed by atoms with Gasteiger partial charge in [-0.2, -0.15) is 0 Å². The molecule has 4 aliphatic carbocycles. The van der Waals surface area contributed by atoms with E-state index in [0.717, 1.165) is 11.8 Å². The summed E-state index contributed by atoms with van der Waals surface area (Å²) in [5.41, 5.74) is 0. The summed E-state index contributed by atoms with van der Waals surface area (Å²) in [7, 11) is 0.